The lowest BCUT2D eigenvalue weighted by Crippen LogP contribution is -2.00. The SMILES string of the molecule is COC(=O)/C(F)=C/c1ccc2c(I)[nH]nc2c1F. The van der Waals surface area contributed by atoms with E-state index < -0.39 is 17.6 Å². The zero-order valence-electron chi connectivity index (χ0n) is 9.13. The van der Waals surface area contributed by atoms with Crippen LogP contribution in [0.1, 0.15) is 5.56 Å². The molecule has 0 saturated carbocycles. The third-order valence-electron chi connectivity index (χ3n) is 2.31. The molecule has 1 heterocycles. The lowest BCUT2D eigenvalue weighted by molar-refractivity contribution is -0.137. The number of carbonyl (C=O) groups is 1. The molecule has 4 nitrogen and oxygen atoms in total. The molecule has 18 heavy (non-hydrogen) atoms. The molecular formula is C11H7F2IN2O2. The predicted molar refractivity (Wildman–Crippen MR) is 69.9 cm³/mol. The van der Waals surface area contributed by atoms with Gasteiger partial charge < -0.3 is 4.74 Å². The largest absolute Gasteiger partial charge is 0.464 e. The van der Waals surface area contributed by atoms with Crippen molar-refractivity contribution in [3.8, 4) is 0 Å². The third kappa shape index (κ3) is 2.22. The van der Waals surface area contributed by atoms with Crippen molar-refractivity contribution in [2.75, 3.05) is 7.11 Å². The highest BCUT2D eigenvalue weighted by atomic mass is 127. The summed E-state index contributed by atoms with van der Waals surface area (Å²) in [5.41, 5.74) is 0.0408. The van der Waals surface area contributed by atoms with Crippen LogP contribution < -0.4 is 0 Å². The van der Waals surface area contributed by atoms with E-state index in [0.717, 1.165) is 13.2 Å². The maximum absolute atomic E-state index is 14.0. The number of hydrogen-bond donors (Lipinski definition) is 1. The molecular weight excluding hydrogens is 357 g/mol. The average Bonchev–Trinajstić information content (AvgIpc) is 2.74. The van der Waals surface area contributed by atoms with Crippen molar-refractivity contribution in [2.45, 2.75) is 0 Å². The molecule has 7 heteroatoms. The van der Waals surface area contributed by atoms with E-state index in [1.807, 2.05) is 22.6 Å². The Bertz CT molecular complexity index is 652. The number of aromatic nitrogens is 2. The van der Waals surface area contributed by atoms with Crippen molar-refractivity contribution >= 4 is 45.5 Å². The molecule has 2 rings (SSSR count). The van der Waals surface area contributed by atoms with Crippen LogP contribution in [0.25, 0.3) is 17.0 Å². The smallest absolute Gasteiger partial charge is 0.366 e. The molecule has 0 radical (unpaired) electrons. The van der Waals surface area contributed by atoms with E-state index in [2.05, 4.69) is 14.9 Å². The number of ether oxygens (including phenoxy) is 1. The van der Waals surface area contributed by atoms with Gasteiger partial charge in [-0.2, -0.15) is 9.49 Å². The fourth-order valence-electron chi connectivity index (χ4n) is 1.44. The number of halogens is 3. The summed E-state index contributed by atoms with van der Waals surface area (Å²) >= 11 is 1.98. The minimum Gasteiger partial charge on any atom is -0.464 e. The van der Waals surface area contributed by atoms with E-state index >= 15 is 0 Å². The van der Waals surface area contributed by atoms with Gasteiger partial charge >= 0.3 is 5.97 Å². The number of methoxy groups -OCH3 is 1. The summed E-state index contributed by atoms with van der Waals surface area (Å²) in [5.74, 6) is -3.00. The number of carbonyl (C=O) groups excluding carboxylic acids is 1. The molecule has 0 bridgehead atoms. The maximum Gasteiger partial charge on any atom is 0.366 e. The van der Waals surface area contributed by atoms with Gasteiger partial charge in [-0.25, -0.2) is 9.18 Å². The number of esters is 1. The summed E-state index contributed by atoms with van der Waals surface area (Å²) in [6.07, 6.45) is 0.780. The number of fused-ring (bicyclic) bond motifs is 1. The Morgan fingerprint density at radius 1 is 1.56 bits per heavy atom. The molecule has 0 spiro atoms. The Morgan fingerprint density at radius 2 is 2.28 bits per heavy atom. The Kier molecular flexibility index (Phi) is 3.60. The number of H-pyrrole nitrogens is 1. The van der Waals surface area contributed by atoms with Gasteiger partial charge in [0.05, 0.1) is 7.11 Å². The summed E-state index contributed by atoms with van der Waals surface area (Å²) < 4.78 is 32.1. The van der Waals surface area contributed by atoms with Gasteiger partial charge in [0.1, 0.15) is 9.22 Å². The number of hydrogen-bond acceptors (Lipinski definition) is 3. The van der Waals surface area contributed by atoms with Crippen LogP contribution in [0.4, 0.5) is 8.78 Å². The molecule has 0 atom stereocenters. The molecule has 0 aliphatic heterocycles. The summed E-state index contributed by atoms with van der Waals surface area (Å²) in [6, 6.07) is 2.97. The molecule has 1 aromatic heterocycles. The van der Waals surface area contributed by atoms with Crippen molar-refractivity contribution in [1.29, 1.82) is 0 Å². The van der Waals surface area contributed by atoms with Crippen LogP contribution in [0, 0.1) is 9.52 Å². The molecule has 0 aliphatic carbocycles. The quantitative estimate of drug-likeness (QED) is 0.507. The van der Waals surface area contributed by atoms with E-state index in [0.29, 0.717) is 9.09 Å². The van der Waals surface area contributed by atoms with E-state index in [4.69, 9.17) is 0 Å². The van der Waals surface area contributed by atoms with E-state index in [1.165, 1.54) is 6.07 Å². The maximum atomic E-state index is 14.0. The number of benzene rings is 1. The zero-order chi connectivity index (χ0) is 13.3. The molecule has 0 aliphatic rings. The van der Waals surface area contributed by atoms with Crippen LogP contribution in [-0.2, 0) is 9.53 Å². The summed E-state index contributed by atoms with van der Waals surface area (Å²) in [6.45, 7) is 0. The first-order valence-corrected chi connectivity index (χ1v) is 5.90. The lowest BCUT2D eigenvalue weighted by Gasteiger charge is -1.99. The average molecular weight is 364 g/mol. The summed E-state index contributed by atoms with van der Waals surface area (Å²) in [7, 11) is 1.05. The topological polar surface area (TPSA) is 55.0 Å². The van der Waals surface area contributed by atoms with Crippen LogP contribution in [0.2, 0.25) is 0 Å². The number of nitrogens with one attached hydrogen (secondary N) is 1. The monoisotopic (exact) mass is 364 g/mol. The fraction of sp³-hybridized carbons (Fsp3) is 0.0909. The molecule has 2 aromatic rings. The van der Waals surface area contributed by atoms with Gasteiger partial charge in [-0.1, -0.05) is 6.07 Å². The van der Waals surface area contributed by atoms with Crippen molar-refractivity contribution in [3.05, 3.63) is 33.0 Å². The summed E-state index contributed by atoms with van der Waals surface area (Å²) in [4.78, 5) is 10.9. The van der Waals surface area contributed by atoms with E-state index in [-0.39, 0.29) is 11.1 Å². The Morgan fingerprint density at radius 3 is 2.94 bits per heavy atom. The fourth-order valence-corrected chi connectivity index (χ4v) is 1.99. The normalized spacial score (nSPS) is 11.9. The minimum atomic E-state index is -1.17. The molecule has 1 aromatic carbocycles. The van der Waals surface area contributed by atoms with Gasteiger partial charge in [-0.15, -0.1) is 0 Å². The standard InChI is InChI=1S/C11H7F2IN2O2/c1-18-11(17)7(12)4-5-2-3-6-9(8(5)13)15-16-10(6)14/h2-4H,1H3,(H,15,16)/b7-4-. The molecule has 1 N–H and O–H groups in total. The van der Waals surface area contributed by atoms with Crippen LogP contribution >= 0.6 is 22.6 Å². The van der Waals surface area contributed by atoms with Gasteiger partial charge in [-0.05, 0) is 34.7 Å². The Hall–Kier alpha value is -1.51. The van der Waals surface area contributed by atoms with Crippen molar-refractivity contribution < 1.29 is 18.3 Å². The molecule has 0 saturated heterocycles. The van der Waals surface area contributed by atoms with Gasteiger partial charge in [0.15, 0.2) is 5.82 Å². The number of nitrogens with zero attached hydrogens (tertiary/aromatic N) is 1. The highest BCUT2D eigenvalue weighted by molar-refractivity contribution is 14.1. The Labute approximate surface area is 114 Å². The highest BCUT2D eigenvalue weighted by Gasteiger charge is 2.14. The van der Waals surface area contributed by atoms with Crippen molar-refractivity contribution in [2.24, 2.45) is 0 Å². The first-order chi connectivity index (χ1) is 8.54. The van der Waals surface area contributed by atoms with Gasteiger partial charge in [-0.3, -0.25) is 5.10 Å². The van der Waals surface area contributed by atoms with Crippen molar-refractivity contribution in [3.63, 3.8) is 0 Å². The lowest BCUT2D eigenvalue weighted by atomic mass is 10.1. The first-order valence-electron chi connectivity index (χ1n) is 4.82. The molecule has 94 valence electrons. The van der Waals surface area contributed by atoms with Gasteiger partial charge in [0.25, 0.3) is 0 Å². The van der Waals surface area contributed by atoms with Gasteiger partial charge in [0.2, 0.25) is 5.83 Å². The minimum absolute atomic E-state index is 0.0618. The van der Waals surface area contributed by atoms with Crippen LogP contribution in [0.15, 0.2) is 18.0 Å². The Balaban J connectivity index is 2.53. The number of aromatic amines is 1. The van der Waals surface area contributed by atoms with Crippen LogP contribution in [-0.4, -0.2) is 23.3 Å². The molecule has 0 fully saturated rings. The van der Waals surface area contributed by atoms with E-state index in [9.17, 15) is 13.6 Å². The van der Waals surface area contributed by atoms with Crippen molar-refractivity contribution in [1.82, 2.24) is 10.2 Å². The zero-order valence-corrected chi connectivity index (χ0v) is 11.3. The third-order valence-corrected chi connectivity index (χ3v) is 3.13. The second-order valence-corrected chi connectivity index (χ2v) is 4.47. The second-order valence-electron chi connectivity index (χ2n) is 3.39. The second kappa shape index (κ2) is 5.01. The first kappa shape index (κ1) is 12.9. The summed E-state index contributed by atoms with van der Waals surface area (Å²) in [5, 5.41) is 7.00. The van der Waals surface area contributed by atoms with Crippen LogP contribution in [0.3, 0.4) is 0 Å². The predicted octanol–water partition coefficient (Wildman–Crippen LogP) is 2.79. The van der Waals surface area contributed by atoms with E-state index in [1.54, 1.807) is 6.07 Å². The molecule has 0 amide bonds. The molecule has 0 unspecified atom stereocenters. The number of rotatable bonds is 2. The van der Waals surface area contributed by atoms with Crippen LogP contribution in [0.5, 0.6) is 0 Å². The highest BCUT2D eigenvalue weighted by Crippen LogP contribution is 2.24. The van der Waals surface area contributed by atoms with Gasteiger partial charge in [0, 0.05) is 10.9 Å².